The van der Waals surface area contributed by atoms with Gasteiger partial charge >= 0.3 is 0 Å². The van der Waals surface area contributed by atoms with Crippen LogP contribution in [0.25, 0.3) is 0 Å². The highest BCUT2D eigenvalue weighted by Crippen LogP contribution is 2.12. The zero-order valence-electron chi connectivity index (χ0n) is 9.36. The van der Waals surface area contributed by atoms with Crippen molar-refractivity contribution in [3.05, 3.63) is 0 Å². The zero-order valence-corrected chi connectivity index (χ0v) is 10.2. The van der Waals surface area contributed by atoms with Crippen LogP contribution in [0.3, 0.4) is 0 Å². The third-order valence-electron chi connectivity index (χ3n) is 2.90. The highest BCUT2D eigenvalue weighted by Gasteiger charge is 2.32. The van der Waals surface area contributed by atoms with Crippen LogP contribution >= 0.6 is 0 Å². The Hall–Kier alpha value is -0.620. The fourth-order valence-electron chi connectivity index (χ4n) is 1.64. The van der Waals surface area contributed by atoms with Gasteiger partial charge in [0.15, 0.2) is 9.84 Å². The minimum absolute atomic E-state index is 0.282. The molecule has 1 fully saturated rings. The van der Waals surface area contributed by atoms with Gasteiger partial charge in [-0.25, -0.2) is 8.42 Å². The summed E-state index contributed by atoms with van der Waals surface area (Å²) in [7, 11) is -1.43. The summed E-state index contributed by atoms with van der Waals surface area (Å²) in [6.45, 7) is 2.70. The van der Waals surface area contributed by atoms with Gasteiger partial charge in [-0.15, -0.1) is 0 Å². The molecule has 1 aliphatic rings. The number of sulfone groups is 1. The lowest BCUT2D eigenvalue weighted by Gasteiger charge is -2.19. The molecule has 1 rings (SSSR count). The lowest BCUT2D eigenvalue weighted by Crippen LogP contribution is -2.41. The van der Waals surface area contributed by atoms with E-state index in [2.05, 4.69) is 5.32 Å². The minimum Gasteiger partial charge on any atom is -0.340 e. The molecule has 2 unspecified atom stereocenters. The second-order valence-corrected chi connectivity index (χ2v) is 6.40. The van der Waals surface area contributed by atoms with Gasteiger partial charge in [-0.2, -0.15) is 0 Å². The van der Waals surface area contributed by atoms with Crippen LogP contribution in [-0.2, 0) is 14.6 Å². The molecule has 2 atom stereocenters. The Bertz CT molecular complexity index is 339. The number of likely N-dealkylation sites (tertiary alicyclic amines) is 1. The van der Waals surface area contributed by atoms with E-state index in [1.54, 1.807) is 4.90 Å². The van der Waals surface area contributed by atoms with Crippen LogP contribution in [0.1, 0.15) is 13.3 Å². The number of amides is 1. The molecule has 1 amide bonds. The van der Waals surface area contributed by atoms with E-state index in [1.165, 1.54) is 6.92 Å². The maximum Gasteiger partial charge on any atom is 0.240 e. The summed E-state index contributed by atoms with van der Waals surface area (Å²) in [6.07, 6.45) is 1.99. The zero-order chi connectivity index (χ0) is 11.6. The van der Waals surface area contributed by atoms with Crippen LogP contribution in [0.5, 0.6) is 0 Å². The molecule has 88 valence electrons. The predicted octanol–water partition coefficient (Wildman–Crippen LogP) is -0.760. The highest BCUT2D eigenvalue weighted by molar-refractivity contribution is 7.92. The minimum atomic E-state index is -3.28. The molecule has 1 saturated heterocycles. The summed E-state index contributed by atoms with van der Waals surface area (Å²) >= 11 is 0. The van der Waals surface area contributed by atoms with E-state index >= 15 is 0 Å². The summed E-state index contributed by atoms with van der Waals surface area (Å²) in [5, 5.41) is 2.16. The summed E-state index contributed by atoms with van der Waals surface area (Å²) in [6, 6.07) is 0.292. The van der Waals surface area contributed by atoms with Crippen molar-refractivity contribution >= 4 is 15.7 Å². The second kappa shape index (κ2) is 4.49. The van der Waals surface area contributed by atoms with Crippen molar-refractivity contribution in [2.24, 2.45) is 0 Å². The van der Waals surface area contributed by atoms with E-state index in [-0.39, 0.29) is 5.91 Å². The molecule has 0 aromatic carbocycles. The third-order valence-corrected chi connectivity index (χ3v) is 4.38. The van der Waals surface area contributed by atoms with Gasteiger partial charge in [-0.05, 0) is 20.4 Å². The number of nitrogens with one attached hydrogen (secondary N) is 1. The van der Waals surface area contributed by atoms with Crippen LogP contribution in [0, 0.1) is 0 Å². The Morgan fingerprint density at radius 2 is 2.13 bits per heavy atom. The van der Waals surface area contributed by atoms with Crippen molar-refractivity contribution in [3.63, 3.8) is 0 Å². The molecule has 0 aromatic heterocycles. The first-order valence-electron chi connectivity index (χ1n) is 5.01. The van der Waals surface area contributed by atoms with Crippen LogP contribution < -0.4 is 5.32 Å². The van der Waals surface area contributed by atoms with Crippen LogP contribution in [0.15, 0.2) is 0 Å². The first-order chi connectivity index (χ1) is 6.86. The normalized spacial score (nSPS) is 24.2. The fourth-order valence-corrected chi connectivity index (χ4v) is 2.15. The molecule has 0 radical (unpaired) electrons. The molecule has 5 nitrogen and oxygen atoms in total. The molecule has 1 aliphatic heterocycles. The van der Waals surface area contributed by atoms with Crippen LogP contribution in [0.4, 0.5) is 0 Å². The third kappa shape index (κ3) is 2.92. The molecule has 1 heterocycles. The second-order valence-electron chi connectivity index (χ2n) is 4.03. The van der Waals surface area contributed by atoms with E-state index in [0.29, 0.717) is 19.1 Å². The average molecular weight is 234 g/mol. The van der Waals surface area contributed by atoms with Gasteiger partial charge in [-0.1, -0.05) is 0 Å². The predicted molar refractivity (Wildman–Crippen MR) is 58.4 cm³/mol. The van der Waals surface area contributed by atoms with E-state index in [0.717, 1.165) is 12.7 Å². The molecular formula is C9H18N2O3S. The van der Waals surface area contributed by atoms with Crippen LogP contribution in [-0.4, -0.2) is 56.9 Å². The molecule has 15 heavy (non-hydrogen) atoms. The van der Waals surface area contributed by atoms with E-state index < -0.39 is 15.1 Å². The average Bonchev–Trinajstić information content (AvgIpc) is 2.62. The van der Waals surface area contributed by atoms with Gasteiger partial charge in [0.05, 0.1) is 0 Å². The van der Waals surface area contributed by atoms with Crippen molar-refractivity contribution in [3.8, 4) is 0 Å². The van der Waals surface area contributed by atoms with Crippen molar-refractivity contribution in [1.29, 1.82) is 0 Å². The molecule has 0 bridgehead atoms. The quantitative estimate of drug-likeness (QED) is 0.697. The van der Waals surface area contributed by atoms with Crippen molar-refractivity contribution < 1.29 is 13.2 Å². The van der Waals surface area contributed by atoms with Gasteiger partial charge in [0, 0.05) is 25.4 Å². The Morgan fingerprint density at radius 3 is 2.53 bits per heavy atom. The molecule has 0 aliphatic carbocycles. The summed E-state index contributed by atoms with van der Waals surface area (Å²) in [4.78, 5) is 13.4. The van der Waals surface area contributed by atoms with E-state index in [4.69, 9.17) is 0 Å². The van der Waals surface area contributed by atoms with Crippen molar-refractivity contribution in [1.82, 2.24) is 10.2 Å². The van der Waals surface area contributed by atoms with Crippen LogP contribution in [0.2, 0.25) is 0 Å². The molecule has 0 spiro atoms. The summed E-state index contributed by atoms with van der Waals surface area (Å²) in [5.41, 5.74) is 0. The fraction of sp³-hybridized carbons (Fsp3) is 0.889. The first kappa shape index (κ1) is 12.4. The molecular weight excluding hydrogens is 216 g/mol. The Kier molecular flexibility index (Phi) is 3.72. The topological polar surface area (TPSA) is 66.5 Å². The van der Waals surface area contributed by atoms with E-state index in [1.807, 2.05) is 7.05 Å². The van der Waals surface area contributed by atoms with Gasteiger partial charge in [0.2, 0.25) is 5.91 Å². The van der Waals surface area contributed by atoms with Crippen molar-refractivity contribution in [2.45, 2.75) is 24.6 Å². The number of carbonyl (C=O) groups excluding carboxylic acids is 1. The van der Waals surface area contributed by atoms with Gasteiger partial charge in [0.25, 0.3) is 0 Å². The maximum atomic E-state index is 11.8. The monoisotopic (exact) mass is 234 g/mol. The largest absolute Gasteiger partial charge is 0.340 e. The number of rotatable bonds is 3. The maximum absolute atomic E-state index is 11.8. The lowest BCUT2D eigenvalue weighted by molar-refractivity contribution is -0.129. The Morgan fingerprint density at radius 1 is 1.53 bits per heavy atom. The van der Waals surface area contributed by atoms with Gasteiger partial charge < -0.3 is 10.2 Å². The summed E-state index contributed by atoms with van der Waals surface area (Å²) < 4.78 is 22.4. The number of nitrogens with zero attached hydrogens (tertiary/aromatic N) is 1. The molecule has 0 saturated carbocycles. The van der Waals surface area contributed by atoms with Gasteiger partial charge in [0.1, 0.15) is 5.25 Å². The standard InChI is InChI=1S/C9H18N2O3S/c1-7(15(3,13)14)9(12)11-5-4-8(6-11)10-2/h7-8,10H,4-6H2,1-3H3. The Balaban J connectivity index is 2.63. The number of hydrogen-bond donors (Lipinski definition) is 1. The molecule has 0 aromatic rings. The SMILES string of the molecule is CNC1CCN(C(=O)C(C)S(C)(=O)=O)C1. The van der Waals surface area contributed by atoms with Crippen molar-refractivity contribution in [2.75, 3.05) is 26.4 Å². The summed E-state index contributed by atoms with van der Waals surface area (Å²) in [5.74, 6) is -0.282. The smallest absolute Gasteiger partial charge is 0.240 e. The number of hydrogen-bond acceptors (Lipinski definition) is 4. The number of likely N-dealkylation sites (N-methyl/N-ethyl adjacent to an activating group) is 1. The first-order valence-corrected chi connectivity index (χ1v) is 6.96. The number of carbonyl (C=O) groups is 1. The lowest BCUT2D eigenvalue weighted by atomic mass is 10.3. The molecule has 1 N–H and O–H groups in total. The highest BCUT2D eigenvalue weighted by atomic mass is 32.2. The van der Waals surface area contributed by atoms with Gasteiger partial charge in [-0.3, -0.25) is 4.79 Å². The van der Waals surface area contributed by atoms with E-state index in [9.17, 15) is 13.2 Å². The molecule has 6 heteroatoms. The Labute approximate surface area is 90.7 Å².